The molecule has 0 saturated heterocycles. The van der Waals surface area contributed by atoms with Crippen LogP contribution >= 0.6 is 23.1 Å². The van der Waals surface area contributed by atoms with Crippen molar-refractivity contribution in [3.8, 4) is 0 Å². The van der Waals surface area contributed by atoms with Crippen LogP contribution in [0.4, 0.5) is 13.9 Å². The summed E-state index contributed by atoms with van der Waals surface area (Å²) in [5, 5.41) is 0.425. The number of fused-ring (bicyclic) bond motifs is 1. The number of rotatable bonds is 10. The summed E-state index contributed by atoms with van der Waals surface area (Å²) >= 11 is 2.87. The average molecular weight is 450 g/mol. The van der Waals surface area contributed by atoms with Crippen molar-refractivity contribution >= 4 is 44.4 Å². The van der Waals surface area contributed by atoms with Crippen LogP contribution in [0.25, 0.3) is 10.2 Å². The van der Waals surface area contributed by atoms with E-state index in [1.54, 1.807) is 16.7 Å². The van der Waals surface area contributed by atoms with Gasteiger partial charge in [-0.3, -0.25) is 9.69 Å². The van der Waals surface area contributed by atoms with Crippen LogP contribution in [-0.4, -0.2) is 48.7 Å². The van der Waals surface area contributed by atoms with E-state index in [0.29, 0.717) is 22.8 Å². The molecule has 0 aliphatic rings. The zero-order valence-corrected chi connectivity index (χ0v) is 18.7. The average Bonchev–Trinajstić information content (AvgIpc) is 3.13. The summed E-state index contributed by atoms with van der Waals surface area (Å²) < 4.78 is 28.0. The molecular weight excluding hydrogens is 424 g/mol. The lowest BCUT2D eigenvalue weighted by Crippen LogP contribution is -2.33. The summed E-state index contributed by atoms with van der Waals surface area (Å²) in [5.74, 6) is -0.547. The van der Waals surface area contributed by atoms with Crippen molar-refractivity contribution in [1.82, 2.24) is 9.88 Å². The van der Waals surface area contributed by atoms with Crippen LogP contribution in [0.5, 0.6) is 0 Å². The van der Waals surface area contributed by atoms with E-state index in [1.807, 2.05) is 37.2 Å². The van der Waals surface area contributed by atoms with Crippen molar-refractivity contribution in [2.45, 2.75) is 24.2 Å². The molecule has 3 aromatic rings. The van der Waals surface area contributed by atoms with Gasteiger partial charge in [0.15, 0.2) is 10.9 Å². The highest BCUT2D eigenvalue weighted by atomic mass is 32.2. The number of thioether (sulfide) groups is 1. The highest BCUT2D eigenvalue weighted by molar-refractivity contribution is 7.99. The third-order valence-electron chi connectivity index (χ3n) is 4.47. The molecule has 3 rings (SSSR count). The Hall–Kier alpha value is -2.03. The first-order valence-electron chi connectivity index (χ1n) is 9.82. The first-order chi connectivity index (χ1) is 14.4. The van der Waals surface area contributed by atoms with Gasteiger partial charge in [-0.25, -0.2) is 13.8 Å². The monoisotopic (exact) mass is 449 g/mol. The second-order valence-corrected chi connectivity index (χ2v) is 9.38. The number of benzene rings is 2. The van der Waals surface area contributed by atoms with Crippen LogP contribution in [0.1, 0.15) is 19.3 Å². The summed E-state index contributed by atoms with van der Waals surface area (Å²) in [5.41, 5.74) is 0.112. The van der Waals surface area contributed by atoms with Gasteiger partial charge < -0.3 is 4.90 Å². The van der Waals surface area contributed by atoms with E-state index < -0.39 is 11.6 Å². The maximum Gasteiger partial charge on any atom is 0.228 e. The van der Waals surface area contributed by atoms with Gasteiger partial charge in [0.2, 0.25) is 5.91 Å². The Labute approximate surface area is 183 Å². The summed E-state index contributed by atoms with van der Waals surface area (Å²) in [7, 11) is 3.95. The van der Waals surface area contributed by atoms with Crippen molar-refractivity contribution in [2.75, 3.05) is 37.8 Å². The van der Waals surface area contributed by atoms with Crippen molar-refractivity contribution in [1.29, 1.82) is 0 Å². The maximum atomic E-state index is 14.1. The molecule has 0 spiro atoms. The van der Waals surface area contributed by atoms with Crippen LogP contribution in [0.15, 0.2) is 47.4 Å². The minimum Gasteiger partial charge on any atom is -0.309 e. The predicted molar refractivity (Wildman–Crippen MR) is 121 cm³/mol. The number of nitrogens with zero attached hydrogens (tertiary/aromatic N) is 3. The number of hydrogen-bond acceptors (Lipinski definition) is 5. The Morgan fingerprint density at radius 2 is 1.87 bits per heavy atom. The number of halogens is 2. The lowest BCUT2D eigenvalue weighted by atomic mass is 10.3. The number of carbonyl (C=O) groups is 1. The molecule has 4 nitrogen and oxygen atoms in total. The normalized spacial score (nSPS) is 11.4. The molecule has 160 valence electrons. The number of thiazole rings is 1. The Morgan fingerprint density at radius 1 is 1.10 bits per heavy atom. The molecular formula is C22H25F2N3OS2. The molecule has 30 heavy (non-hydrogen) atoms. The Morgan fingerprint density at radius 3 is 2.60 bits per heavy atom. The number of hydrogen-bond donors (Lipinski definition) is 0. The zero-order chi connectivity index (χ0) is 21.5. The van der Waals surface area contributed by atoms with Gasteiger partial charge in [0.25, 0.3) is 0 Å². The molecule has 0 unspecified atom stereocenters. The van der Waals surface area contributed by atoms with E-state index in [0.717, 1.165) is 42.5 Å². The smallest absolute Gasteiger partial charge is 0.228 e. The van der Waals surface area contributed by atoms with E-state index in [2.05, 4.69) is 17.1 Å². The highest BCUT2D eigenvalue weighted by Gasteiger charge is 2.21. The van der Waals surface area contributed by atoms with Gasteiger partial charge in [-0.1, -0.05) is 29.5 Å². The molecule has 0 aliphatic carbocycles. The SMILES string of the molecule is CN(C)CCCN(C(=O)CCCSc1ccccc1)c1nc2c(F)cc(F)cc2s1. The second-order valence-electron chi connectivity index (χ2n) is 7.20. The van der Waals surface area contributed by atoms with Crippen LogP contribution in [0.2, 0.25) is 0 Å². The van der Waals surface area contributed by atoms with Crippen molar-refractivity contribution < 1.29 is 13.6 Å². The zero-order valence-electron chi connectivity index (χ0n) is 17.1. The maximum absolute atomic E-state index is 14.1. The Bertz CT molecular complexity index is 979. The molecule has 1 heterocycles. The third kappa shape index (κ3) is 6.23. The Kier molecular flexibility index (Phi) is 8.18. The van der Waals surface area contributed by atoms with E-state index >= 15 is 0 Å². The lowest BCUT2D eigenvalue weighted by Gasteiger charge is -2.21. The molecule has 1 aromatic heterocycles. The third-order valence-corrected chi connectivity index (χ3v) is 6.59. The molecule has 1 amide bonds. The molecule has 0 aliphatic heterocycles. The highest BCUT2D eigenvalue weighted by Crippen LogP contribution is 2.32. The molecule has 0 saturated carbocycles. The first-order valence-corrected chi connectivity index (χ1v) is 11.6. The van der Waals surface area contributed by atoms with Gasteiger partial charge in [0.1, 0.15) is 11.3 Å². The van der Waals surface area contributed by atoms with Crippen molar-refractivity contribution in [3.05, 3.63) is 54.1 Å². The summed E-state index contributed by atoms with van der Waals surface area (Å²) in [6.07, 6.45) is 1.88. The lowest BCUT2D eigenvalue weighted by molar-refractivity contribution is -0.118. The van der Waals surface area contributed by atoms with Gasteiger partial charge in [-0.2, -0.15) is 0 Å². The van der Waals surface area contributed by atoms with E-state index in [9.17, 15) is 13.6 Å². The van der Waals surface area contributed by atoms with Gasteiger partial charge in [0.05, 0.1) is 4.70 Å². The molecule has 0 radical (unpaired) electrons. The van der Waals surface area contributed by atoms with E-state index in [-0.39, 0.29) is 11.4 Å². The summed E-state index contributed by atoms with van der Waals surface area (Å²) in [6.45, 7) is 1.31. The fourth-order valence-electron chi connectivity index (χ4n) is 3.00. The number of amides is 1. The standard InChI is InChI=1S/C22H25F2N3OS2/c1-26(2)11-7-12-27(20(28)10-6-13-29-17-8-4-3-5-9-17)22-25-21-18(24)14-16(23)15-19(21)30-22/h3-5,8-9,14-15H,6-7,10-13H2,1-2H3. The number of aromatic nitrogens is 1. The molecule has 0 atom stereocenters. The Balaban J connectivity index is 1.68. The van der Waals surface area contributed by atoms with Crippen LogP contribution in [0.3, 0.4) is 0 Å². The molecule has 0 N–H and O–H groups in total. The largest absolute Gasteiger partial charge is 0.309 e. The topological polar surface area (TPSA) is 36.4 Å². The van der Waals surface area contributed by atoms with Crippen molar-refractivity contribution in [2.24, 2.45) is 0 Å². The minimum absolute atomic E-state index is 0.0395. The number of anilines is 1. The predicted octanol–water partition coefficient (Wildman–Crippen LogP) is 5.43. The van der Waals surface area contributed by atoms with E-state index in [1.165, 1.54) is 11.0 Å². The molecule has 0 fully saturated rings. The van der Waals surface area contributed by atoms with Crippen molar-refractivity contribution in [3.63, 3.8) is 0 Å². The fraction of sp³-hybridized carbons (Fsp3) is 0.364. The minimum atomic E-state index is -0.701. The fourth-order valence-corrected chi connectivity index (χ4v) is 4.92. The van der Waals surface area contributed by atoms with E-state index in [4.69, 9.17) is 0 Å². The molecule has 8 heteroatoms. The van der Waals surface area contributed by atoms with Crippen LogP contribution in [-0.2, 0) is 4.79 Å². The molecule has 2 aromatic carbocycles. The first kappa shape index (κ1) is 22.7. The second kappa shape index (κ2) is 10.8. The quantitative estimate of drug-likeness (QED) is 0.305. The van der Waals surface area contributed by atoms with Gasteiger partial charge in [-0.15, -0.1) is 11.8 Å². The summed E-state index contributed by atoms with van der Waals surface area (Å²) in [4.78, 5) is 22.1. The number of carbonyl (C=O) groups excluding carboxylic acids is 1. The molecule has 0 bridgehead atoms. The van der Waals surface area contributed by atoms with Crippen LogP contribution in [0, 0.1) is 11.6 Å². The summed E-state index contributed by atoms with van der Waals surface area (Å²) in [6, 6.07) is 12.2. The van der Waals surface area contributed by atoms with Crippen LogP contribution < -0.4 is 4.90 Å². The van der Waals surface area contributed by atoms with Gasteiger partial charge >= 0.3 is 0 Å². The van der Waals surface area contributed by atoms with Gasteiger partial charge in [-0.05, 0) is 57.4 Å². The van der Waals surface area contributed by atoms with Gasteiger partial charge in [0, 0.05) is 23.9 Å².